The van der Waals surface area contributed by atoms with Crippen LogP contribution in [-0.2, 0) is 9.59 Å². The Labute approximate surface area is 98.4 Å². The predicted octanol–water partition coefficient (Wildman–Crippen LogP) is 1.60. The van der Waals surface area contributed by atoms with Crippen LogP contribution in [0.3, 0.4) is 0 Å². The average molecular weight is 235 g/mol. The monoisotopic (exact) mass is 235 g/mol. The molecule has 0 aromatic heterocycles. The molecule has 0 saturated carbocycles. The van der Waals surface area contributed by atoms with E-state index in [-0.39, 0.29) is 24.9 Å². The number of carbonyl (C=O) groups is 2. The van der Waals surface area contributed by atoms with E-state index in [4.69, 9.17) is 9.84 Å². The number of amides is 1. The van der Waals surface area contributed by atoms with Gasteiger partial charge in [0.25, 0.3) is 5.91 Å². The fraction of sp³-hybridized carbons (Fsp3) is 0.333. The minimum atomic E-state index is -0.837. The molecule has 2 rings (SSSR count). The summed E-state index contributed by atoms with van der Waals surface area (Å²) < 4.78 is 5.22. The van der Waals surface area contributed by atoms with Crippen molar-refractivity contribution in [2.45, 2.75) is 19.3 Å². The SMILES string of the molecule is CC(CC(=O)O)c1ccc2c(c1)NC(=O)CO2. The van der Waals surface area contributed by atoms with Crippen LogP contribution in [0.1, 0.15) is 24.8 Å². The van der Waals surface area contributed by atoms with Crippen LogP contribution in [0.15, 0.2) is 18.2 Å². The number of rotatable bonds is 3. The fourth-order valence-corrected chi connectivity index (χ4v) is 1.79. The second kappa shape index (κ2) is 4.45. The molecule has 0 saturated heterocycles. The highest BCUT2D eigenvalue weighted by Gasteiger charge is 2.18. The van der Waals surface area contributed by atoms with Gasteiger partial charge >= 0.3 is 5.97 Å². The van der Waals surface area contributed by atoms with E-state index in [0.717, 1.165) is 5.56 Å². The van der Waals surface area contributed by atoms with Gasteiger partial charge in [-0.15, -0.1) is 0 Å². The lowest BCUT2D eigenvalue weighted by Gasteiger charge is -2.19. The van der Waals surface area contributed by atoms with Crippen molar-refractivity contribution in [3.63, 3.8) is 0 Å². The molecule has 5 heteroatoms. The van der Waals surface area contributed by atoms with Gasteiger partial charge in [-0.1, -0.05) is 13.0 Å². The van der Waals surface area contributed by atoms with E-state index < -0.39 is 5.97 Å². The first-order valence-corrected chi connectivity index (χ1v) is 5.34. The maximum atomic E-state index is 11.2. The normalized spacial score (nSPS) is 15.5. The minimum absolute atomic E-state index is 0.0248. The lowest BCUT2D eigenvalue weighted by molar-refractivity contribution is -0.137. The Morgan fingerprint density at radius 2 is 2.35 bits per heavy atom. The Morgan fingerprint density at radius 3 is 3.06 bits per heavy atom. The highest BCUT2D eigenvalue weighted by atomic mass is 16.5. The van der Waals surface area contributed by atoms with E-state index in [0.29, 0.717) is 11.4 Å². The summed E-state index contributed by atoms with van der Waals surface area (Å²) in [7, 11) is 0. The summed E-state index contributed by atoms with van der Waals surface area (Å²) in [5, 5.41) is 11.4. The van der Waals surface area contributed by atoms with Crippen LogP contribution in [0, 0.1) is 0 Å². The van der Waals surface area contributed by atoms with Gasteiger partial charge in [0.2, 0.25) is 0 Å². The van der Waals surface area contributed by atoms with Crippen LogP contribution in [0.2, 0.25) is 0 Å². The third-order valence-corrected chi connectivity index (χ3v) is 2.69. The zero-order chi connectivity index (χ0) is 12.4. The molecule has 0 aliphatic carbocycles. The average Bonchev–Trinajstić information content (AvgIpc) is 2.27. The lowest BCUT2D eigenvalue weighted by Crippen LogP contribution is -2.25. The second-order valence-corrected chi connectivity index (χ2v) is 4.09. The van der Waals surface area contributed by atoms with Gasteiger partial charge in [0, 0.05) is 0 Å². The van der Waals surface area contributed by atoms with Crippen LogP contribution in [-0.4, -0.2) is 23.6 Å². The number of ether oxygens (including phenoxy) is 1. The Bertz CT molecular complexity index is 470. The number of hydrogen-bond donors (Lipinski definition) is 2. The Kier molecular flexibility index (Phi) is 2.99. The molecule has 0 radical (unpaired) electrons. The first-order chi connectivity index (χ1) is 8.06. The van der Waals surface area contributed by atoms with Gasteiger partial charge < -0.3 is 15.2 Å². The molecule has 1 aliphatic heterocycles. The first kappa shape index (κ1) is 11.4. The topological polar surface area (TPSA) is 75.6 Å². The summed E-state index contributed by atoms with van der Waals surface area (Å²) >= 11 is 0. The third-order valence-electron chi connectivity index (χ3n) is 2.69. The van der Waals surface area contributed by atoms with E-state index in [1.807, 2.05) is 13.0 Å². The maximum absolute atomic E-state index is 11.2. The van der Waals surface area contributed by atoms with Gasteiger partial charge in [0.15, 0.2) is 6.61 Å². The number of hydrogen-bond acceptors (Lipinski definition) is 3. The summed E-state index contributed by atoms with van der Waals surface area (Å²) in [4.78, 5) is 21.8. The van der Waals surface area contributed by atoms with E-state index >= 15 is 0 Å². The smallest absolute Gasteiger partial charge is 0.303 e. The molecule has 2 N–H and O–H groups in total. The molecule has 0 spiro atoms. The molecular weight excluding hydrogens is 222 g/mol. The van der Waals surface area contributed by atoms with Crippen molar-refractivity contribution in [2.24, 2.45) is 0 Å². The quantitative estimate of drug-likeness (QED) is 0.834. The van der Waals surface area contributed by atoms with Crippen molar-refractivity contribution >= 4 is 17.6 Å². The fourth-order valence-electron chi connectivity index (χ4n) is 1.79. The highest BCUT2D eigenvalue weighted by molar-refractivity contribution is 5.95. The van der Waals surface area contributed by atoms with Gasteiger partial charge in [0.05, 0.1) is 12.1 Å². The van der Waals surface area contributed by atoms with Crippen molar-refractivity contribution in [3.05, 3.63) is 23.8 Å². The summed E-state index contributed by atoms with van der Waals surface area (Å²) in [6, 6.07) is 5.34. The van der Waals surface area contributed by atoms with Crippen molar-refractivity contribution in [1.82, 2.24) is 0 Å². The molecule has 1 atom stereocenters. The highest BCUT2D eigenvalue weighted by Crippen LogP contribution is 2.31. The number of carboxylic acids is 1. The largest absolute Gasteiger partial charge is 0.482 e. The number of carbonyl (C=O) groups excluding carboxylic acids is 1. The zero-order valence-corrected chi connectivity index (χ0v) is 9.40. The third kappa shape index (κ3) is 2.55. The van der Waals surface area contributed by atoms with Gasteiger partial charge in [0.1, 0.15) is 5.75 Å². The molecule has 1 aliphatic rings. The van der Waals surface area contributed by atoms with E-state index in [1.165, 1.54) is 0 Å². The maximum Gasteiger partial charge on any atom is 0.303 e. The molecular formula is C12H13NO4. The van der Waals surface area contributed by atoms with Gasteiger partial charge in [-0.25, -0.2) is 0 Å². The van der Waals surface area contributed by atoms with E-state index in [2.05, 4.69) is 5.32 Å². The van der Waals surface area contributed by atoms with Gasteiger partial charge in [-0.05, 0) is 23.6 Å². The van der Waals surface area contributed by atoms with Crippen LogP contribution in [0.5, 0.6) is 5.75 Å². The summed E-state index contributed by atoms with van der Waals surface area (Å²) in [5.41, 5.74) is 1.48. The number of aliphatic carboxylic acids is 1. The molecule has 5 nitrogen and oxygen atoms in total. The Morgan fingerprint density at radius 1 is 1.59 bits per heavy atom. The molecule has 1 aromatic rings. The number of carboxylic acid groups (broad SMARTS) is 1. The molecule has 1 heterocycles. The van der Waals surface area contributed by atoms with Crippen molar-refractivity contribution < 1.29 is 19.4 Å². The summed E-state index contributed by atoms with van der Waals surface area (Å²) in [5.74, 6) is -0.511. The van der Waals surface area contributed by atoms with Crippen LogP contribution in [0.4, 0.5) is 5.69 Å². The first-order valence-electron chi connectivity index (χ1n) is 5.34. The van der Waals surface area contributed by atoms with E-state index in [1.54, 1.807) is 12.1 Å². The summed E-state index contributed by atoms with van der Waals surface area (Å²) in [6.07, 6.45) is 0.0631. The number of benzene rings is 1. The van der Waals surface area contributed by atoms with Crippen molar-refractivity contribution in [2.75, 3.05) is 11.9 Å². The Balaban J connectivity index is 2.23. The lowest BCUT2D eigenvalue weighted by atomic mass is 9.97. The Hall–Kier alpha value is -2.04. The molecule has 17 heavy (non-hydrogen) atoms. The predicted molar refractivity (Wildman–Crippen MR) is 61.2 cm³/mol. The standard InChI is InChI=1S/C12H13NO4/c1-7(4-12(15)16)8-2-3-10-9(5-8)13-11(14)6-17-10/h2-3,5,7H,4,6H2,1H3,(H,13,14)(H,15,16). The second-order valence-electron chi connectivity index (χ2n) is 4.09. The molecule has 90 valence electrons. The number of fused-ring (bicyclic) bond motifs is 1. The molecule has 0 bridgehead atoms. The molecule has 0 fully saturated rings. The van der Waals surface area contributed by atoms with Crippen molar-refractivity contribution in [3.8, 4) is 5.75 Å². The minimum Gasteiger partial charge on any atom is -0.482 e. The zero-order valence-electron chi connectivity index (χ0n) is 9.40. The molecule has 1 amide bonds. The van der Waals surface area contributed by atoms with Gasteiger partial charge in [-0.3, -0.25) is 9.59 Å². The van der Waals surface area contributed by atoms with Crippen LogP contribution in [0.25, 0.3) is 0 Å². The van der Waals surface area contributed by atoms with Crippen LogP contribution >= 0.6 is 0 Å². The van der Waals surface area contributed by atoms with E-state index in [9.17, 15) is 9.59 Å². The van der Waals surface area contributed by atoms with Crippen molar-refractivity contribution in [1.29, 1.82) is 0 Å². The molecule has 1 aromatic carbocycles. The van der Waals surface area contributed by atoms with Crippen LogP contribution < -0.4 is 10.1 Å². The van der Waals surface area contributed by atoms with Gasteiger partial charge in [-0.2, -0.15) is 0 Å². The number of anilines is 1. The summed E-state index contributed by atoms with van der Waals surface area (Å²) in [6.45, 7) is 1.86. The molecule has 1 unspecified atom stereocenters. The number of nitrogens with one attached hydrogen (secondary N) is 1.